The summed E-state index contributed by atoms with van der Waals surface area (Å²) in [6.07, 6.45) is 8.19. The van der Waals surface area contributed by atoms with Crippen molar-refractivity contribution in [2.24, 2.45) is 5.41 Å². The Morgan fingerprint density at radius 2 is 2.19 bits per heavy atom. The van der Waals surface area contributed by atoms with Crippen molar-refractivity contribution < 1.29 is 4.79 Å². The number of carbonyl (C=O) groups excluding carboxylic acids is 1. The van der Waals surface area contributed by atoms with Gasteiger partial charge in [-0.2, -0.15) is 0 Å². The molecular formula is C14H23NO. The number of nitrogens with one attached hydrogen (secondary N) is 1. The Labute approximate surface area is 98.8 Å². The van der Waals surface area contributed by atoms with E-state index in [-0.39, 0.29) is 17.4 Å². The summed E-state index contributed by atoms with van der Waals surface area (Å²) in [6.45, 7) is 10.2. The van der Waals surface area contributed by atoms with Gasteiger partial charge in [-0.25, -0.2) is 0 Å². The van der Waals surface area contributed by atoms with Crippen LogP contribution < -0.4 is 5.32 Å². The first kappa shape index (κ1) is 13.0. The second-order valence-electron chi connectivity index (χ2n) is 5.51. The molecule has 2 nitrogen and oxygen atoms in total. The summed E-state index contributed by atoms with van der Waals surface area (Å²) in [5, 5.41) is 2.98. The van der Waals surface area contributed by atoms with E-state index in [0.717, 1.165) is 12.8 Å². The van der Waals surface area contributed by atoms with E-state index in [9.17, 15) is 4.79 Å². The molecule has 0 saturated carbocycles. The quantitative estimate of drug-likeness (QED) is 0.563. The molecule has 0 aromatic heterocycles. The van der Waals surface area contributed by atoms with Gasteiger partial charge in [0.05, 0.1) is 0 Å². The van der Waals surface area contributed by atoms with Crippen molar-refractivity contribution in [3.63, 3.8) is 0 Å². The maximum Gasteiger partial charge on any atom is 0.243 e. The zero-order chi connectivity index (χ0) is 12.2. The lowest BCUT2D eigenvalue weighted by atomic mass is 9.83. The number of amides is 1. The van der Waals surface area contributed by atoms with Gasteiger partial charge in [-0.15, -0.1) is 0 Å². The van der Waals surface area contributed by atoms with Crippen LogP contribution in [0.2, 0.25) is 0 Å². The van der Waals surface area contributed by atoms with Gasteiger partial charge >= 0.3 is 0 Å². The standard InChI is InChI=1S/C14H23NO/c1-5-13(16)15-12-9-7-6-8-11(10-12)14(2,3)4/h5,10,12H,1,6-9H2,2-4H3,(H,15,16). The van der Waals surface area contributed by atoms with Gasteiger partial charge in [0, 0.05) is 6.04 Å². The average molecular weight is 221 g/mol. The fraction of sp³-hybridized carbons (Fsp3) is 0.643. The van der Waals surface area contributed by atoms with E-state index in [2.05, 4.69) is 38.7 Å². The Bertz CT molecular complexity index is 296. The van der Waals surface area contributed by atoms with E-state index in [0.29, 0.717) is 0 Å². The molecule has 1 amide bonds. The van der Waals surface area contributed by atoms with Gasteiger partial charge in [-0.3, -0.25) is 4.79 Å². The normalized spacial score (nSPS) is 21.9. The smallest absolute Gasteiger partial charge is 0.243 e. The molecule has 1 aliphatic rings. The highest BCUT2D eigenvalue weighted by Gasteiger charge is 2.21. The molecule has 1 rings (SSSR count). The van der Waals surface area contributed by atoms with Gasteiger partial charge in [0.1, 0.15) is 0 Å². The fourth-order valence-corrected chi connectivity index (χ4v) is 2.07. The Kier molecular flexibility index (Phi) is 4.34. The number of allylic oxidation sites excluding steroid dienone is 1. The predicted octanol–water partition coefficient (Wildman–Crippen LogP) is 3.20. The molecule has 1 aliphatic carbocycles. The first-order valence-electron chi connectivity index (χ1n) is 6.07. The fourth-order valence-electron chi connectivity index (χ4n) is 2.07. The summed E-state index contributed by atoms with van der Waals surface area (Å²) >= 11 is 0. The molecule has 1 atom stereocenters. The van der Waals surface area contributed by atoms with Crippen LogP contribution in [0.15, 0.2) is 24.3 Å². The molecule has 0 spiro atoms. The largest absolute Gasteiger partial charge is 0.346 e. The third kappa shape index (κ3) is 3.84. The maximum atomic E-state index is 11.3. The second-order valence-corrected chi connectivity index (χ2v) is 5.51. The lowest BCUT2D eigenvalue weighted by molar-refractivity contribution is -0.116. The van der Waals surface area contributed by atoms with E-state index >= 15 is 0 Å². The van der Waals surface area contributed by atoms with Gasteiger partial charge in [-0.1, -0.05) is 45.4 Å². The molecule has 1 unspecified atom stereocenters. The molecule has 90 valence electrons. The van der Waals surface area contributed by atoms with E-state index < -0.39 is 0 Å². The van der Waals surface area contributed by atoms with Crippen molar-refractivity contribution in [3.8, 4) is 0 Å². The van der Waals surface area contributed by atoms with Crippen LogP contribution in [-0.4, -0.2) is 11.9 Å². The van der Waals surface area contributed by atoms with Crippen LogP contribution in [0, 0.1) is 5.41 Å². The summed E-state index contributed by atoms with van der Waals surface area (Å²) in [7, 11) is 0. The highest BCUT2D eigenvalue weighted by Crippen LogP contribution is 2.32. The van der Waals surface area contributed by atoms with Gasteiger partial charge in [-0.05, 0) is 30.8 Å². The molecule has 0 aromatic carbocycles. The topological polar surface area (TPSA) is 29.1 Å². The zero-order valence-electron chi connectivity index (χ0n) is 10.7. The van der Waals surface area contributed by atoms with Crippen LogP contribution >= 0.6 is 0 Å². The maximum absolute atomic E-state index is 11.3. The van der Waals surface area contributed by atoms with Crippen molar-refractivity contribution in [3.05, 3.63) is 24.3 Å². The minimum atomic E-state index is -0.0728. The van der Waals surface area contributed by atoms with Crippen LogP contribution in [0.25, 0.3) is 0 Å². The SMILES string of the molecule is C=CC(=O)NC1C=C(C(C)(C)C)CCCC1. The third-order valence-electron chi connectivity index (χ3n) is 3.09. The molecule has 0 aromatic rings. The lowest BCUT2D eigenvalue weighted by Crippen LogP contribution is -2.32. The van der Waals surface area contributed by atoms with Crippen LogP contribution in [0.1, 0.15) is 46.5 Å². The van der Waals surface area contributed by atoms with Gasteiger partial charge in [0.15, 0.2) is 0 Å². The molecule has 1 N–H and O–H groups in total. The van der Waals surface area contributed by atoms with Gasteiger partial charge in [0.25, 0.3) is 0 Å². The molecule has 0 fully saturated rings. The van der Waals surface area contributed by atoms with E-state index in [1.54, 1.807) is 0 Å². The van der Waals surface area contributed by atoms with Gasteiger partial charge < -0.3 is 5.32 Å². The third-order valence-corrected chi connectivity index (χ3v) is 3.09. The number of hydrogen-bond donors (Lipinski definition) is 1. The summed E-state index contributed by atoms with van der Waals surface area (Å²) in [5.41, 5.74) is 1.67. The van der Waals surface area contributed by atoms with E-state index in [1.165, 1.54) is 24.5 Å². The minimum Gasteiger partial charge on any atom is -0.346 e. The average Bonchev–Trinajstić information content (AvgIpc) is 2.42. The second kappa shape index (κ2) is 5.33. The van der Waals surface area contributed by atoms with Crippen LogP contribution in [0.4, 0.5) is 0 Å². The summed E-state index contributed by atoms with van der Waals surface area (Å²) in [6, 6.07) is 0.183. The summed E-state index contributed by atoms with van der Waals surface area (Å²) in [5.74, 6) is -0.0728. The summed E-state index contributed by atoms with van der Waals surface area (Å²) < 4.78 is 0. The Morgan fingerprint density at radius 1 is 1.50 bits per heavy atom. The zero-order valence-corrected chi connectivity index (χ0v) is 10.7. The number of carbonyl (C=O) groups is 1. The minimum absolute atomic E-state index is 0.0728. The predicted molar refractivity (Wildman–Crippen MR) is 68.1 cm³/mol. The van der Waals surface area contributed by atoms with Crippen LogP contribution in [-0.2, 0) is 4.79 Å². The molecular weight excluding hydrogens is 198 g/mol. The highest BCUT2D eigenvalue weighted by molar-refractivity contribution is 5.87. The Hall–Kier alpha value is -1.05. The molecule has 0 bridgehead atoms. The molecule has 16 heavy (non-hydrogen) atoms. The van der Waals surface area contributed by atoms with Crippen LogP contribution in [0.5, 0.6) is 0 Å². The monoisotopic (exact) mass is 221 g/mol. The molecule has 0 aliphatic heterocycles. The molecule has 0 radical (unpaired) electrons. The lowest BCUT2D eigenvalue weighted by Gasteiger charge is -2.23. The Morgan fingerprint density at radius 3 is 2.75 bits per heavy atom. The number of hydrogen-bond acceptors (Lipinski definition) is 1. The highest BCUT2D eigenvalue weighted by atomic mass is 16.1. The van der Waals surface area contributed by atoms with Crippen molar-refractivity contribution in [2.45, 2.75) is 52.5 Å². The van der Waals surface area contributed by atoms with Crippen LogP contribution in [0.3, 0.4) is 0 Å². The van der Waals surface area contributed by atoms with Gasteiger partial charge in [0.2, 0.25) is 5.91 Å². The molecule has 2 heteroatoms. The summed E-state index contributed by atoms with van der Waals surface area (Å²) in [4.78, 5) is 11.3. The van der Waals surface area contributed by atoms with Crippen molar-refractivity contribution in [2.75, 3.05) is 0 Å². The number of rotatable bonds is 2. The first-order chi connectivity index (χ1) is 7.43. The Balaban J connectivity index is 2.76. The molecule has 0 heterocycles. The van der Waals surface area contributed by atoms with Crippen molar-refractivity contribution in [1.82, 2.24) is 5.32 Å². The van der Waals surface area contributed by atoms with Crippen molar-refractivity contribution >= 4 is 5.91 Å². The van der Waals surface area contributed by atoms with Crippen molar-refractivity contribution in [1.29, 1.82) is 0 Å². The van der Waals surface area contributed by atoms with E-state index in [1.807, 2.05) is 0 Å². The first-order valence-corrected chi connectivity index (χ1v) is 6.07. The molecule has 0 saturated heterocycles. The van der Waals surface area contributed by atoms with E-state index in [4.69, 9.17) is 0 Å².